The van der Waals surface area contributed by atoms with E-state index in [2.05, 4.69) is 0 Å². The van der Waals surface area contributed by atoms with E-state index in [1.807, 2.05) is 37.3 Å². The minimum Gasteiger partial charge on any atom is -0.463 e. The zero-order valence-corrected chi connectivity index (χ0v) is 13.6. The van der Waals surface area contributed by atoms with E-state index in [-0.39, 0.29) is 19.6 Å². The number of benzene rings is 1. The van der Waals surface area contributed by atoms with E-state index in [9.17, 15) is 20.1 Å². The van der Waals surface area contributed by atoms with Crippen LogP contribution in [-0.4, -0.2) is 58.6 Å². The molecule has 0 amide bonds. The van der Waals surface area contributed by atoms with Crippen molar-refractivity contribution in [2.75, 3.05) is 6.61 Å². The van der Waals surface area contributed by atoms with Gasteiger partial charge in [-0.25, -0.2) is 0 Å². The molecule has 0 aromatic heterocycles. The molecule has 134 valence electrons. The first-order chi connectivity index (χ1) is 11.5. The Morgan fingerprint density at radius 3 is 2.50 bits per heavy atom. The van der Waals surface area contributed by atoms with E-state index >= 15 is 0 Å². The van der Waals surface area contributed by atoms with Crippen molar-refractivity contribution in [2.24, 2.45) is 0 Å². The topological polar surface area (TPSA) is 105 Å². The number of aliphatic hydroxyl groups excluding tert-OH is 3. The lowest BCUT2D eigenvalue weighted by molar-refractivity contribution is -0.304. The minimum atomic E-state index is -1.45. The van der Waals surface area contributed by atoms with E-state index < -0.39 is 36.7 Å². The number of hydrogen-bond acceptors (Lipinski definition) is 7. The SMILES string of the molecule is CCCC(=O)OC[C@H]1O[C@H](OCc2ccccc2)[C@H](O)[C@@H](O)[C@@H]1O. The average Bonchev–Trinajstić information content (AvgIpc) is 2.59. The molecule has 0 bridgehead atoms. The van der Waals surface area contributed by atoms with Crippen LogP contribution in [-0.2, 0) is 25.6 Å². The summed E-state index contributed by atoms with van der Waals surface area (Å²) in [6.45, 7) is 1.81. The van der Waals surface area contributed by atoms with Crippen LogP contribution in [0, 0.1) is 0 Å². The highest BCUT2D eigenvalue weighted by molar-refractivity contribution is 5.69. The van der Waals surface area contributed by atoms with Gasteiger partial charge >= 0.3 is 5.97 Å². The van der Waals surface area contributed by atoms with Gasteiger partial charge < -0.3 is 29.5 Å². The second-order valence-electron chi connectivity index (χ2n) is 5.74. The second-order valence-corrected chi connectivity index (χ2v) is 5.74. The largest absolute Gasteiger partial charge is 0.463 e. The van der Waals surface area contributed by atoms with Gasteiger partial charge in [0.15, 0.2) is 6.29 Å². The fraction of sp³-hybridized carbons (Fsp3) is 0.588. The van der Waals surface area contributed by atoms with Crippen LogP contribution in [0.3, 0.4) is 0 Å². The molecule has 1 aliphatic rings. The molecule has 1 aliphatic heterocycles. The van der Waals surface area contributed by atoms with E-state index in [1.54, 1.807) is 0 Å². The molecule has 7 heteroatoms. The fourth-order valence-electron chi connectivity index (χ4n) is 2.40. The lowest BCUT2D eigenvalue weighted by atomic mass is 9.99. The van der Waals surface area contributed by atoms with Gasteiger partial charge in [0.25, 0.3) is 0 Å². The van der Waals surface area contributed by atoms with Crippen LogP contribution in [0.15, 0.2) is 30.3 Å². The van der Waals surface area contributed by atoms with Gasteiger partial charge in [0.1, 0.15) is 31.0 Å². The second kappa shape index (κ2) is 9.10. The molecule has 1 fully saturated rings. The maximum atomic E-state index is 11.4. The van der Waals surface area contributed by atoms with Gasteiger partial charge in [0.2, 0.25) is 0 Å². The normalized spacial score (nSPS) is 30.1. The van der Waals surface area contributed by atoms with Crippen LogP contribution in [0.25, 0.3) is 0 Å². The van der Waals surface area contributed by atoms with Crippen molar-refractivity contribution < 1.29 is 34.3 Å². The highest BCUT2D eigenvalue weighted by Gasteiger charge is 2.44. The predicted molar refractivity (Wildman–Crippen MR) is 83.8 cm³/mol. The standard InChI is InChI=1S/C17H24O7/c1-2-6-13(18)22-10-12-14(19)15(20)16(21)17(24-12)23-9-11-7-4-3-5-8-11/h3-5,7-8,12,14-17,19-21H,2,6,9-10H2,1H3/t12-,14-,15+,16-,17+/m1/s1. The van der Waals surface area contributed by atoms with Gasteiger partial charge in [0, 0.05) is 6.42 Å². The zero-order valence-electron chi connectivity index (χ0n) is 13.6. The van der Waals surface area contributed by atoms with Crippen LogP contribution in [0.2, 0.25) is 0 Å². The summed E-state index contributed by atoms with van der Waals surface area (Å²) in [6.07, 6.45) is -5.39. The number of rotatable bonds is 7. The number of aliphatic hydroxyl groups is 3. The highest BCUT2D eigenvalue weighted by Crippen LogP contribution is 2.23. The van der Waals surface area contributed by atoms with Crippen molar-refractivity contribution in [2.45, 2.75) is 57.1 Å². The van der Waals surface area contributed by atoms with Gasteiger partial charge in [-0.15, -0.1) is 0 Å². The Morgan fingerprint density at radius 2 is 1.83 bits per heavy atom. The van der Waals surface area contributed by atoms with Crippen LogP contribution >= 0.6 is 0 Å². The maximum absolute atomic E-state index is 11.4. The third kappa shape index (κ3) is 4.99. The molecule has 3 N–H and O–H groups in total. The molecule has 0 spiro atoms. The number of hydrogen-bond donors (Lipinski definition) is 3. The molecule has 0 aliphatic carbocycles. The lowest BCUT2D eigenvalue weighted by Crippen LogP contribution is -2.59. The van der Waals surface area contributed by atoms with Gasteiger partial charge in [-0.2, -0.15) is 0 Å². The van der Waals surface area contributed by atoms with E-state index in [4.69, 9.17) is 14.2 Å². The molecule has 1 heterocycles. The molecule has 0 unspecified atom stereocenters. The predicted octanol–water partition coefficient (Wildman–Crippen LogP) is 0.354. The highest BCUT2D eigenvalue weighted by atomic mass is 16.7. The van der Waals surface area contributed by atoms with Crippen LogP contribution < -0.4 is 0 Å². The summed E-state index contributed by atoms with van der Waals surface area (Å²) in [5.41, 5.74) is 0.875. The molecule has 2 rings (SSSR count). The molecule has 1 aromatic carbocycles. The van der Waals surface area contributed by atoms with Gasteiger partial charge in [0.05, 0.1) is 6.61 Å². The number of carbonyl (C=O) groups is 1. The molecule has 0 saturated carbocycles. The lowest BCUT2D eigenvalue weighted by Gasteiger charge is -2.39. The van der Waals surface area contributed by atoms with Crippen molar-refractivity contribution >= 4 is 5.97 Å². The summed E-state index contributed by atoms with van der Waals surface area (Å²) in [5, 5.41) is 29.9. The number of ether oxygens (including phenoxy) is 3. The van der Waals surface area contributed by atoms with Crippen LogP contribution in [0.5, 0.6) is 0 Å². The van der Waals surface area contributed by atoms with Crippen molar-refractivity contribution in [1.29, 1.82) is 0 Å². The van der Waals surface area contributed by atoms with Crippen molar-refractivity contribution in [3.63, 3.8) is 0 Å². The monoisotopic (exact) mass is 340 g/mol. The molecule has 1 saturated heterocycles. The Balaban J connectivity index is 1.91. The first-order valence-corrected chi connectivity index (χ1v) is 8.03. The van der Waals surface area contributed by atoms with Crippen molar-refractivity contribution in [3.05, 3.63) is 35.9 Å². The minimum absolute atomic E-state index is 0.174. The first-order valence-electron chi connectivity index (χ1n) is 8.03. The third-order valence-corrected chi connectivity index (χ3v) is 3.79. The Labute approximate surface area is 140 Å². The molecular weight excluding hydrogens is 316 g/mol. The first kappa shape index (κ1) is 18.8. The summed E-state index contributed by atoms with van der Waals surface area (Å²) in [6, 6.07) is 9.28. The zero-order chi connectivity index (χ0) is 17.5. The van der Waals surface area contributed by atoms with Gasteiger partial charge in [-0.3, -0.25) is 4.79 Å². The maximum Gasteiger partial charge on any atom is 0.305 e. The fourth-order valence-corrected chi connectivity index (χ4v) is 2.40. The van der Waals surface area contributed by atoms with Crippen molar-refractivity contribution in [1.82, 2.24) is 0 Å². The summed E-state index contributed by atoms with van der Waals surface area (Å²) in [7, 11) is 0. The van der Waals surface area contributed by atoms with Crippen LogP contribution in [0.1, 0.15) is 25.3 Å². The Bertz CT molecular complexity index is 507. The summed E-state index contributed by atoms with van der Waals surface area (Å²) < 4.78 is 16.0. The molecule has 7 nitrogen and oxygen atoms in total. The Hall–Kier alpha value is -1.51. The Kier molecular flexibility index (Phi) is 7.14. The summed E-state index contributed by atoms with van der Waals surface area (Å²) >= 11 is 0. The smallest absolute Gasteiger partial charge is 0.305 e. The molecular formula is C17H24O7. The number of carbonyl (C=O) groups excluding carboxylic acids is 1. The molecule has 5 atom stereocenters. The molecule has 1 aromatic rings. The number of esters is 1. The van der Waals surface area contributed by atoms with Gasteiger partial charge in [-0.1, -0.05) is 37.3 Å². The average molecular weight is 340 g/mol. The Morgan fingerprint density at radius 1 is 1.12 bits per heavy atom. The summed E-state index contributed by atoms with van der Waals surface area (Å²) in [4.78, 5) is 11.4. The van der Waals surface area contributed by atoms with Crippen molar-refractivity contribution in [3.8, 4) is 0 Å². The van der Waals surface area contributed by atoms with Gasteiger partial charge in [-0.05, 0) is 12.0 Å². The quantitative estimate of drug-likeness (QED) is 0.615. The van der Waals surface area contributed by atoms with E-state index in [0.29, 0.717) is 6.42 Å². The van der Waals surface area contributed by atoms with E-state index in [0.717, 1.165) is 5.56 Å². The van der Waals surface area contributed by atoms with E-state index in [1.165, 1.54) is 0 Å². The van der Waals surface area contributed by atoms with Crippen LogP contribution in [0.4, 0.5) is 0 Å². The third-order valence-electron chi connectivity index (χ3n) is 3.79. The molecule has 0 radical (unpaired) electrons. The molecule has 24 heavy (non-hydrogen) atoms. The summed E-state index contributed by atoms with van der Waals surface area (Å²) in [5.74, 6) is -0.407.